The van der Waals surface area contributed by atoms with Crippen molar-refractivity contribution < 1.29 is 4.42 Å². The zero-order valence-corrected chi connectivity index (χ0v) is 12.0. The Labute approximate surface area is 115 Å². The van der Waals surface area contributed by atoms with Crippen LogP contribution < -0.4 is 5.32 Å². The molecule has 0 amide bonds. The first kappa shape index (κ1) is 13.9. The van der Waals surface area contributed by atoms with Crippen LogP contribution in [-0.2, 0) is 6.42 Å². The van der Waals surface area contributed by atoms with E-state index >= 15 is 0 Å². The number of furan rings is 1. The maximum atomic E-state index is 5.45. The largest absolute Gasteiger partial charge is 0.468 e. The average molecular weight is 257 g/mol. The van der Waals surface area contributed by atoms with Gasteiger partial charge in [0.1, 0.15) is 5.76 Å². The minimum absolute atomic E-state index is 0.228. The van der Waals surface area contributed by atoms with E-state index in [1.807, 2.05) is 12.1 Å². The Morgan fingerprint density at radius 2 is 1.84 bits per heavy atom. The van der Waals surface area contributed by atoms with Gasteiger partial charge in [-0.15, -0.1) is 0 Å². The van der Waals surface area contributed by atoms with Gasteiger partial charge in [0.25, 0.3) is 0 Å². The molecule has 2 rings (SSSR count). The summed E-state index contributed by atoms with van der Waals surface area (Å²) in [7, 11) is 0. The molecule has 1 aromatic heterocycles. The third-order valence-electron chi connectivity index (χ3n) is 3.62. The van der Waals surface area contributed by atoms with E-state index in [1.54, 1.807) is 6.26 Å². The first-order valence-electron chi connectivity index (χ1n) is 7.12. The Balaban J connectivity index is 2.06. The zero-order chi connectivity index (χ0) is 13.7. The Hall–Kier alpha value is -1.54. The van der Waals surface area contributed by atoms with Crippen molar-refractivity contribution in [3.05, 3.63) is 59.5 Å². The first-order valence-corrected chi connectivity index (χ1v) is 7.12. The maximum Gasteiger partial charge on any atom is 0.120 e. The van der Waals surface area contributed by atoms with Crippen LogP contribution in [0.15, 0.2) is 47.1 Å². The molecule has 2 aromatic rings. The molecule has 0 saturated carbocycles. The highest BCUT2D eigenvalue weighted by molar-refractivity contribution is 5.25. The van der Waals surface area contributed by atoms with E-state index in [1.165, 1.54) is 11.1 Å². The summed E-state index contributed by atoms with van der Waals surface area (Å²) < 4.78 is 5.45. The smallest absolute Gasteiger partial charge is 0.120 e. The number of benzene rings is 1. The molecule has 1 heterocycles. The average Bonchev–Trinajstić information content (AvgIpc) is 2.99. The lowest BCUT2D eigenvalue weighted by Gasteiger charge is -2.21. The highest BCUT2D eigenvalue weighted by Crippen LogP contribution is 2.22. The van der Waals surface area contributed by atoms with Crippen molar-refractivity contribution in [2.75, 3.05) is 0 Å². The molecule has 19 heavy (non-hydrogen) atoms. The molecule has 0 aliphatic rings. The molecule has 2 atom stereocenters. The predicted octanol–water partition coefficient (Wildman–Crippen LogP) is 4.64. The van der Waals surface area contributed by atoms with Crippen molar-refractivity contribution in [2.24, 2.45) is 0 Å². The van der Waals surface area contributed by atoms with E-state index in [4.69, 9.17) is 4.42 Å². The van der Waals surface area contributed by atoms with Gasteiger partial charge in [-0.1, -0.05) is 38.1 Å². The molecule has 0 spiro atoms. The lowest BCUT2D eigenvalue weighted by Crippen LogP contribution is -2.23. The van der Waals surface area contributed by atoms with Gasteiger partial charge in [0.05, 0.1) is 12.3 Å². The molecule has 0 fully saturated rings. The number of hydrogen-bond acceptors (Lipinski definition) is 2. The normalized spacial score (nSPS) is 14.3. The predicted molar refractivity (Wildman–Crippen MR) is 79.1 cm³/mol. The molecule has 1 N–H and O–H groups in total. The van der Waals surface area contributed by atoms with Crippen molar-refractivity contribution in [3.63, 3.8) is 0 Å². The summed E-state index contributed by atoms with van der Waals surface area (Å²) in [6, 6.07) is 13.4. The number of hydrogen-bond donors (Lipinski definition) is 1. The summed E-state index contributed by atoms with van der Waals surface area (Å²) in [6.45, 7) is 6.53. The highest BCUT2D eigenvalue weighted by atomic mass is 16.3. The Morgan fingerprint density at radius 3 is 2.37 bits per heavy atom. The van der Waals surface area contributed by atoms with Crippen molar-refractivity contribution in [1.29, 1.82) is 0 Å². The second kappa shape index (κ2) is 6.58. The SMILES string of the molecule is CCc1ccc(C(CC)N[C@@H](C)c2ccco2)cc1. The van der Waals surface area contributed by atoms with Crippen molar-refractivity contribution in [2.45, 2.75) is 45.7 Å². The van der Waals surface area contributed by atoms with Gasteiger partial charge in [0.15, 0.2) is 0 Å². The second-order valence-corrected chi connectivity index (χ2v) is 4.96. The minimum Gasteiger partial charge on any atom is -0.468 e. The van der Waals surface area contributed by atoms with Gasteiger partial charge in [0.2, 0.25) is 0 Å². The number of rotatable bonds is 6. The summed E-state index contributed by atoms with van der Waals surface area (Å²) in [4.78, 5) is 0. The summed E-state index contributed by atoms with van der Waals surface area (Å²) in [5, 5.41) is 3.63. The summed E-state index contributed by atoms with van der Waals surface area (Å²) in [5.41, 5.74) is 2.73. The van der Waals surface area contributed by atoms with Crippen molar-refractivity contribution >= 4 is 0 Å². The highest BCUT2D eigenvalue weighted by Gasteiger charge is 2.15. The third kappa shape index (κ3) is 3.48. The lowest BCUT2D eigenvalue weighted by atomic mass is 10.0. The van der Waals surface area contributed by atoms with E-state index in [0.29, 0.717) is 6.04 Å². The minimum atomic E-state index is 0.228. The molecule has 2 heteroatoms. The monoisotopic (exact) mass is 257 g/mol. The standard InChI is InChI=1S/C17H23NO/c1-4-14-8-10-15(11-9-14)16(5-2)18-13(3)17-7-6-12-19-17/h6-13,16,18H,4-5H2,1-3H3/t13-,16?/m0/s1. The van der Waals surface area contributed by atoms with Gasteiger partial charge < -0.3 is 9.73 Å². The van der Waals surface area contributed by atoms with Gasteiger partial charge >= 0.3 is 0 Å². The van der Waals surface area contributed by atoms with Gasteiger partial charge in [-0.05, 0) is 43.0 Å². The molecular formula is C17H23NO. The fourth-order valence-electron chi connectivity index (χ4n) is 2.36. The summed E-state index contributed by atoms with van der Waals surface area (Å²) in [6.07, 6.45) is 3.88. The van der Waals surface area contributed by atoms with Crippen molar-refractivity contribution in [3.8, 4) is 0 Å². The summed E-state index contributed by atoms with van der Waals surface area (Å²) in [5.74, 6) is 0.989. The fourth-order valence-corrected chi connectivity index (χ4v) is 2.36. The van der Waals surface area contributed by atoms with Crippen LogP contribution in [0.25, 0.3) is 0 Å². The zero-order valence-electron chi connectivity index (χ0n) is 12.0. The van der Waals surface area contributed by atoms with Gasteiger partial charge in [-0.3, -0.25) is 0 Å². The molecule has 2 nitrogen and oxygen atoms in total. The van der Waals surface area contributed by atoms with Gasteiger partial charge in [-0.2, -0.15) is 0 Å². The van der Waals surface area contributed by atoms with E-state index in [2.05, 4.69) is 50.4 Å². The molecule has 0 saturated heterocycles. The molecule has 1 aromatic carbocycles. The Morgan fingerprint density at radius 1 is 1.11 bits per heavy atom. The molecule has 0 aliphatic carbocycles. The van der Waals surface area contributed by atoms with E-state index in [9.17, 15) is 0 Å². The molecular weight excluding hydrogens is 234 g/mol. The van der Waals surface area contributed by atoms with Crippen LogP contribution in [-0.4, -0.2) is 0 Å². The quantitative estimate of drug-likeness (QED) is 0.815. The maximum absolute atomic E-state index is 5.45. The molecule has 0 aliphatic heterocycles. The lowest BCUT2D eigenvalue weighted by molar-refractivity contribution is 0.387. The molecule has 0 radical (unpaired) electrons. The number of nitrogens with one attached hydrogen (secondary N) is 1. The molecule has 0 bridgehead atoms. The Bertz CT molecular complexity index is 472. The van der Waals surface area contributed by atoms with Crippen LogP contribution in [0.3, 0.4) is 0 Å². The van der Waals surface area contributed by atoms with Crippen LogP contribution >= 0.6 is 0 Å². The Kier molecular flexibility index (Phi) is 4.80. The van der Waals surface area contributed by atoms with E-state index < -0.39 is 0 Å². The van der Waals surface area contributed by atoms with Gasteiger partial charge in [0, 0.05) is 6.04 Å². The number of aryl methyl sites for hydroxylation is 1. The van der Waals surface area contributed by atoms with Crippen molar-refractivity contribution in [1.82, 2.24) is 5.32 Å². The summed E-state index contributed by atoms with van der Waals surface area (Å²) >= 11 is 0. The third-order valence-corrected chi connectivity index (χ3v) is 3.62. The van der Waals surface area contributed by atoms with Crippen LogP contribution in [0, 0.1) is 0 Å². The van der Waals surface area contributed by atoms with Crippen LogP contribution in [0.1, 0.15) is 56.2 Å². The molecule has 1 unspecified atom stereocenters. The fraction of sp³-hybridized carbons (Fsp3) is 0.412. The van der Waals surface area contributed by atoms with E-state index in [-0.39, 0.29) is 6.04 Å². The van der Waals surface area contributed by atoms with Crippen LogP contribution in [0.4, 0.5) is 0 Å². The topological polar surface area (TPSA) is 25.2 Å². The van der Waals surface area contributed by atoms with Crippen LogP contribution in [0.2, 0.25) is 0 Å². The first-order chi connectivity index (χ1) is 9.24. The van der Waals surface area contributed by atoms with E-state index in [0.717, 1.165) is 18.6 Å². The second-order valence-electron chi connectivity index (χ2n) is 4.96. The van der Waals surface area contributed by atoms with Crippen LogP contribution in [0.5, 0.6) is 0 Å². The molecule has 102 valence electrons. The van der Waals surface area contributed by atoms with Gasteiger partial charge in [-0.25, -0.2) is 0 Å².